The van der Waals surface area contributed by atoms with Gasteiger partial charge in [-0.3, -0.25) is 0 Å². The summed E-state index contributed by atoms with van der Waals surface area (Å²) in [5.74, 6) is 0. The van der Waals surface area contributed by atoms with Crippen LogP contribution in [0.3, 0.4) is 0 Å². The van der Waals surface area contributed by atoms with E-state index in [1.165, 1.54) is 9.88 Å². The van der Waals surface area contributed by atoms with Gasteiger partial charge in [-0.2, -0.15) is 0 Å². The first kappa shape index (κ1) is 11.0. The number of rotatable bonds is 3. The number of hydrogen-bond donors (Lipinski definition) is 2. The lowest BCUT2D eigenvalue weighted by atomic mass is 9.85. The average Bonchev–Trinajstić information content (AvgIpc) is 2.77. The molecule has 0 spiro atoms. The van der Waals surface area contributed by atoms with Crippen LogP contribution in [0.25, 0.3) is 0 Å². The average molecular weight is 226 g/mol. The van der Waals surface area contributed by atoms with Crippen molar-refractivity contribution in [2.24, 2.45) is 5.41 Å². The number of aryl methyl sites for hydroxylation is 2. The topological polar surface area (TPSA) is 45.2 Å². The minimum Gasteiger partial charge on any atom is -0.396 e. The number of aliphatic hydroxyl groups is 1. The Bertz CT molecular complexity index is 323. The Morgan fingerprint density at radius 1 is 1.53 bits per heavy atom. The molecule has 3 nitrogen and oxygen atoms in total. The minimum atomic E-state index is 0.0384. The van der Waals surface area contributed by atoms with E-state index in [1.807, 2.05) is 6.92 Å². The number of hydrogen-bond acceptors (Lipinski definition) is 4. The molecule has 1 aliphatic rings. The van der Waals surface area contributed by atoms with E-state index in [2.05, 4.69) is 17.2 Å². The van der Waals surface area contributed by atoms with Crippen LogP contribution in [0.4, 0.5) is 0 Å². The molecule has 1 fully saturated rings. The fourth-order valence-corrected chi connectivity index (χ4v) is 3.18. The van der Waals surface area contributed by atoms with E-state index in [9.17, 15) is 5.11 Å². The molecular weight excluding hydrogens is 208 g/mol. The summed E-state index contributed by atoms with van der Waals surface area (Å²) < 4.78 is 0. The van der Waals surface area contributed by atoms with E-state index < -0.39 is 0 Å². The second-order valence-electron chi connectivity index (χ2n) is 4.51. The molecule has 4 heteroatoms. The fraction of sp³-hybridized carbons (Fsp3) is 0.727. The molecule has 1 unspecified atom stereocenters. The van der Waals surface area contributed by atoms with Crippen molar-refractivity contribution in [1.29, 1.82) is 0 Å². The van der Waals surface area contributed by atoms with Crippen LogP contribution in [0, 0.1) is 19.3 Å². The number of aromatic nitrogens is 1. The van der Waals surface area contributed by atoms with Gasteiger partial charge < -0.3 is 10.4 Å². The van der Waals surface area contributed by atoms with Crippen molar-refractivity contribution in [3.05, 3.63) is 15.6 Å². The molecule has 0 bridgehead atoms. The van der Waals surface area contributed by atoms with Crippen molar-refractivity contribution in [2.45, 2.75) is 26.7 Å². The van der Waals surface area contributed by atoms with Crippen LogP contribution in [0.2, 0.25) is 0 Å². The molecule has 2 rings (SSSR count). The Labute approximate surface area is 94.5 Å². The standard InChI is InChI=1S/C11H18N2OS/c1-8-9(2)15-10(13-8)5-11(7-14)3-4-12-6-11/h12,14H,3-7H2,1-2H3. The molecule has 2 heterocycles. The monoisotopic (exact) mass is 226 g/mol. The molecule has 0 aliphatic carbocycles. The lowest BCUT2D eigenvalue weighted by Crippen LogP contribution is -2.30. The lowest BCUT2D eigenvalue weighted by Gasteiger charge is -2.23. The summed E-state index contributed by atoms with van der Waals surface area (Å²) in [5, 5.41) is 14.0. The Kier molecular flexibility index (Phi) is 3.09. The highest BCUT2D eigenvalue weighted by atomic mass is 32.1. The fourth-order valence-electron chi connectivity index (χ4n) is 2.07. The number of aliphatic hydroxyl groups excluding tert-OH is 1. The van der Waals surface area contributed by atoms with Crippen LogP contribution < -0.4 is 5.32 Å². The number of nitrogens with one attached hydrogen (secondary N) is 1. The van der Waals surface area contributed by atoms with Gasteiger partial charge in [0.25, 0.3) is 0 Å². The zero-order valence-corrected chi connectivity index (χ0v) is 10.2. The highest BCUT2D eigenvalue weighted by Crippen LogP contribution is 2.31. The molecule has 0 radical (unpaired) electrons. The summed E-state index contributed by atoms with van der Waals surface area (Å²) in [6, 6.07) is 0. The summed E-state index contributed by atoms with van der Waals surface area (Å²) in [4.78, 5) is 5.84. The summed E-state index contributed by atoms with van der Waals surface area (Å²) in [5.41, 5.74) is 1.17. The second kappa shape index (κ2) is 4.20. The van der Waals surface area contributed by atoms with Crippen molar-refractivity contribution in [3.8, 4) is 0 Å². The predicted molar refractivity (Wildman–Crippen MR) is 62.3 cm³/mol. The van der Waals surface area contributed by atoms with Crippen molar-refractivity contribution >= 4 is 11.3 Å². The van der Waals surface area contributed by atoms with E-state index in [0.29, 0.717) is 0 Å². The van der Waals surface area contributed by atoms with Crippen LogP contribution in [0.1, 0.15) is 22.0 Å². The Morgan fingerprint density at radius 2 is 2.33 bits per heavy atom. The van der Waals surface area contributed by atoms with Gasteiger partial charge in [-0.15, -0.1) is 11.3 Å². The molecule has 84 valence electrons. The van der Waals surface area contributed by atoms with Gasteiger partial charge in [-0.05, 0) is 26.8 Å². The van der Waals surface area contributed by atoms with Crippen molar-refractivity contribution in [3.63, 3.8) is 0 Å². The van der Waals surface area contributed by atoms with E-state index in [-0.39, 0.29) is 12.0 Å². The van der Waals surface area contributed by atoms with Gasteiger partial charge >= 0.3 is 0 Å². The smallest absolute Gasteiger partial charge is 0.0937 e. The van der Waals surface area contributed by atoms with Crippen molar-refractivity contribution < 1.29 is 5.11 Å². The maximum absolute atomic E-state index is 9.49. The molecule has 0 aromatic carbocycles. The van der Waals surface area contributed by atoms with Crippen LogP contribution in [-0.4, -0.2) is 29.8 Å². The third kappa shape index (κ3) is 2.22. The second-order valence-corrected chi connectivity index (χ2v) is 5.80. The molecule has 0 amide bonds. The molecule has 15 heavy (non-hydrogen) atoms. The summed E-state index contributed by atoms with van der Waals surface area (Å²) in [6.45, 7) is 6.35. The van der Waals surface area contributed by atoms with E-state index in [1.54, 1.807) is 11.3 Å². The highest BCUT2D eigenvalue weighted by molar-refractivity contribution is 7.11. The molecule has 1 aliphatic heterocycles. The number of nitrogens with zero attached hydrogens (tertiary/aromatic N) is 1. The molecular formula is C11H18N2OS. The predicted octanol–water partition coefficient (Wildman–Crippen LogP) is 1.27. The summed E-state index contributed by atoms with van der Waals surface area (Å²) >= 11 is 1.77. The summed E-state index contributed by atoms with van der Waals surface area (Å²) in [6.07, 6.45) is 1.97. The minimum absolute atomic E-state index is 0.0384. The van der Waals surface area contributed by atoms with E-state index in [0.717, 1.165) is 31.6 Å². The Hall–Kier alpha value is -0.450. The van der Waals surface area contributed by atoms with Crippen LogP contribution in [0.5, 0.6) is 0 Å². The van der Waals surface area contributed by atoms with Crippen LogP contribution in [-0.2, 0) is 6.42 Å². The first-order valence-electron chi connectivity index (χ1n) is 5.40. The lowest BCUT2D eigenvalue weighted by molar-refractivity contribution is 0.142. The molecule has 1 atom stereocenters. The van der Waals surface area contributed by atoms with Gasteiger partial charge in [0.2, 0.25) is 0 Å². The zero-order valence-electron chi connectivity index (χ0n) is 9.34. The van der Waals surface area contributed by atoms with Gasteiger partial charge in [-0.25, -0.2) is 4.98 Å². The molecule has 0 saturated carbocycles. The summed E-state index contributed by atoms with van der Waals surface area (Å²) in [7, 11) is 0. The molecule has 1 aromatic heterocycles. The van der Waals surface area contributed by atoms with Crippen LogP contribution >= 0.6 is 11.3 Å². The Balaban J connectivity index is 2.12. The third-order valence-electron chi connectivity index (χ3n) is 3.27. The highest BCUT2D eigenvalue weighted by Gasteiger charge is 2.34. The normalized spacial score (nSPS) is 26.1. The van der Waals surface area contributed by atoms with Gasteiger partial charge in [0, 0.05) is 23.3 Å². The SMILES string of the molecule is Cc1nc(CC2(CO)CCNC2)sc1C. The quantitative estimate of drug-likeness (QED) is 0.816. The van der Waals surface area contributed by atoms with Gasteiger partial charge in [0.05, 0.1) is 17.3 Å². The van der Waals surface area contributed by atoms with Crippen molar-refractivity contribution in [1.82, 2.24) is 10.3 Å². The first-order valence-corrected chi connectivity index (χ1v) is 6.21. The largest absolute Gasteiger partial charge is 0.396 e. The van der Waals surface area contributed by atoms with E-state index in [4.69, 9.17) is 0 Å². The van der Waals surface area contributed by atoms with Crippen LogP contribution in [0.15, 0.2) is 0 Å². The number of thiazole rings is 1. The van der Waals surface area contributed by atoms with Gasteiger partial charge in [0.1, 0.15) is 0 Å². The third-order valence-corrected chi connectivity index (χ3v) is 4.34. The maximum atomic E-state index is 9.49. The maximum Gasteiger partial charge on any atom is 0.0937 e. The first-order chi connectivity index (χ1) is 7.15. The molecule has 2 N–H and O–H groups in total. The molecule has 1 aromatic rings. The zero-order chi connectivity index (χ0) is 10.9. The van der Waals surface area contributed by atoms with Gasteiger partial charge in [0.15, 0.2) is 0 Å². The Morgan fingerprint density at radius 3 is 2.80 bits per heavy atom. The van der Waals surface area contributed by atoms with Crippen molar-refractivity contribution in [2.75, 3.05) is 19.7 Å². The van der Waals surface area contributed by atoms with Gasteiger partial charge in [-0.1, -0.05) is 0 Å². The van der Waals surface area contributed by atoms with E-state index >= 15 is 0 Å². The molecule has 1 saturated heterocycles.